The largest absolute Gasteiger partial charge is 0.416 e. The number of benzene rings is 3. The zero-order valence-corrected chi connectivity index (χ0v) is 20.9. The number of thiazole rings is 1. The van der Waals surface area contributed by atoms with Gasteiger partial charge in [-0.2, -0.15) is 13.2 Å². The Balaban J connectivity index is 1.54. The van der Waals surface area contributed by atoms with Crippen molar-refractivity contribution in [3.05, 3.63) is 118 Å². The molecule has 36 heavy (non-hydrogen) atoms. The van der Waals surface area contributed by atoms with E-state index in [1.165, 1.54) is 29.0 Å². The van der Waals surface area contributed by atoms with Crippen LogP contribution in [0.4, 0.5) is 18.3 Å². The maximum Gasteiger partial charge on any atom is 0.416 e. The minimum Gasteiger partial charge on any atom is -0.301 e. The molecular formula is C29H27F3N2OS. The molecule has 4 rings (SSSR count). The smallest absolute Gasteiger partial charge is 0.301 e. The Morgan fingerprint density at radius 3 is 2.06 bits per heavy atom. The van der Waals surface area contributed by atoms with Crippen molar-refractivity contribution in [1.29, 1.82) is 0 Å². The van der Waals surface area contributed by atoms with E-state index in [4.69, 9.17) is 0 Å². The third kappa shape index (κ3) is 6.02. The Labute approximate surface area is 213 Å². The first-order valence-corrected chi connectivity index (χ1v) is 12.5. The van der Waals surface area contributed by atoms with Crippen molar-refractivity contribution in [2.45, 2.75) is 38.8 Å². The molecule has 3 aromatic carbocycles. The highest BCUT2D eigenvalue weighted by atomic mass is 32.1. The molecule has 4 aromatic rings. The average molecular weight is 509 g/mol. The molecule has 1 aromatic heterocycles. The minimum atomic E-state index is -4.42. The first kappa shape index (κ1) is 25.6. The molecule has 3 nitrogen and oxygen atoms in total. The van der Waals surface area contributed by atoms with Crippen LogP contribution in [0.2, 0.25) is 0 Å². The highest BCUT2D eigenvalue weighted by Crippen LogP contribution is 2.42. The maximum absolute atomic E-state index is 13.5. The standard InChI is InChI=1S/C29H27F3N2OS/c1-28(2,26(35)34-27-33-24(19-36-27)18-13-20-9-5-3-6-10-20)25(21-11-7-4-8-12-21)22-14-16-23(17-15-22)29(30,31)32/h3-12,14-17,19,25H,13,18H2,1-2H3,(H,33,34,35). The zero-order chi connectivity index (χ0) is 25.8. The van der Waals surface area contributed by atoms with Gasteiger partial charge >= 0.3 is 6.18 Å². The van der Waals surface area contributed by atoms with E-state index in [0.717, 1.165) is 36.2 Å². The predicted molar refractivity (Wildman–Crippen MR) is 138 cm³/mol. The van der Waals surface area contributed by atoms with Crippen molar-refractivity contribution in [1.82, 2.24) is 4.98 Å². The Morgan fingerprint density at radius 2 is 1.44 bits per heavy atom. The number of carbonyl (C=O) groups is 1. The summed E-state index contributed by atoms with van der Waals surface area (Å²) in [6, 6.07) is 24.6. The molecule has 1 heterocycles. The van der Waals surface area contributed by atoms with Gasteiger partial charge in [-0.25, -0.2) is 4.98 Å². The van der Waals surface area contributed by atoms with Gasteiger partial charge in [-0.05, 0) is 41.7 Å². The Morgan fingerprint density at radius 1 is 0.861 bits per heavy atom. The number of aryl methyl sites for hydroxylation is 2. The van der Waals surface area contributed by atoms with E-state index in [1.54, 1.807) is 0 Å². The molecule has 0 aliphatic heterocycles. The van der Waals surface area contributed by atoms with Crippen LogP contribution < -0.4 is 5.32 Å². The Hall–Kier alpha value is -3.45. The number of anilines is 1. The molecule has 1 N–H and O–H groups in total. The first-order chi connectivity index (χ1) is 17.1. The summed E-state index contributed by atoms with van der Waals surface area (Å²) in [4.78, 5) is 18.1. The summed E-state index contributed by atoms with van der Waals surface area (Å²) in [5.41, 5.74) is 1.92. The molecule has 0 aliphatic carbocycles. The van der Waals surface area contributed by atoms with E-state index in [2.05, 4.69) is 22.4 Å². The van der Waals surface area contributed by atoms with Gasteiger partial charge in [0.2, 0.25) is 5.91 Å². The number of rotatable bonds is 8. The summed E-state index contributed by atoms with van der Waals surface area (Å²) in [6.45, 7) is 3.61. The number of amides is 1. The molecule has 1 amide bonds. The number of halogens is 3. The van der Waals surface area contributed by atoms with Gasteiger partial charge in [-0.1, -0.05) is 86.6 Å². The van der Waals surface area contributed by atoms with Crippen LogP contribution >= 0.6 is 11.3 Å². The second kappa shape index (κ2) is 10.7. The molecule has 1 atom stereocenters. The van der Waals surface area contributed by atoms with E-state index in [0.29, 0.717) is 10.7 Å². The second-order valence-corrected chi connectivity index (χ2v) is 10.1. The van der Waals surface area contributed by atoms with Crippen LogP contribution in [0.1, 0.15) is 47.7 Å². The lowest BCUT2D eigenvalue weighted by molar-refractivity contribution is -0.137. The van der Waals surface area contributed by atoms with Gasteiger partial charge in [0.1, 0.15) is 0 Å². The molecule has 0 aliphatic rings. The van der Waals surface area contributed by atoms with Crippen LogP contribution in [0, 0.1) is 5.41 Å². The van der Waals surface area contributed by atoms with E-state index >= 15 is 0 Å². The van der Waals surface area contributed by atoms with Crippen molar-refractivity contribution >= 4 is 22.4 Å². The van der Waals surface area contributed by atoms with Crippen LogP contribution in [0.5, 0.6) is 0 Å². The number of nitrogens with one attached hydrogen (secondary N) is 1. The van der Waals surface area contributed by atoms with Gasteiger partial charge < -0.3 is 5.32 Å². The molecule has 0 fully saturated rings. The highest BCUT2D eigenvalue weighted by Gasteiger charge is 2.40. The summed E-state index contributed by atoms with van der Waals surface area (Å²) < 4.78 is 39.4. The van der Waals surface area contributed by atoms with Gasteiger partial charge in [0, 0.05) is 11.3 Å². The summed E-state index contributed by atoms with van der Waals surface area (Å²) >= 11 is 1.37. The molecule has 0 radical (unpaired) electrons. The molecule has 0 saturated heterocycles. The summed E-state index contributed by atoms with van der Waals surface area (Å²) in [5.74, 6) is -0.710. The third-order valence-corrected chi connectivity index (χ3v) is 7.10. The van der Waals surface area contributed by atoms with Crippen molar-refractivity contribution < 1.29 is 18.0 Å². The van der Waals surface area contributed by atoms with E-state index in [1.807, 2.05) is 67.8 Å². The topological polar surface area (TPSA) is 42.0 Å². The molecule has 0 spiro atoms. The lowest BCUT2D eigenvalue weighted by Gasteiger charge is -2.34. The Bertz CT molecular complexity index is 1280. The number of alkyl halides is 3. The van der Waals surface area contributed by atoms with Crippen LogP contribution in [0.3, 0.4) is 0 Å². The van der Waals surface area contributed by atoms with Gasteiger partial charge in [0.05, 0.1) is 16.7 Å². The van der Waals surface area contributed by atoms with Crippen LogP contribution in [0.15, 0.2) is 90.3 Å². The lowest BCUT2D eigenvalue weighted by Crippen LogP contribution is -2.37. The second-order valence-electron chi connectivity index (χ2n) is 9.27. The predicted octanol–water partition coefficient (Wildman–Crippen LogP) is 7.74. The summed E-state index contributed by atoms with van der Waals surface area (Å²) in [6.07, 6.45) is -2.80. The fraction of sp³-hybridized carbons (Fsp3) is 0.241. The number of carbonyl (C=O) groups excluding carboxylic acids is 1. The first-order valence-electron chi connectivity index (χ1n) is 11.7. The van der Waals surface area contributed by atoms with Gasteiger partial charge in [0.15, 0.2) is 5.13 Å². The fourth-order valence-corrected chi connectivity index (χ4v) is 5.06. The molecule has 0 bridgehead atoms. The quantitative estimate of drug-likeness (QED) is 0.264. The molecule has 1 unspecified atom stereocenters. The minimum absolute atomic E-state index is 0.250. The van der Waals surface area contributed by atoms with Crippen LogP contribution in [-0.2, 0) is 23.8 Å². The number of hydrogen-bond donors (Lipinski definition) is 1. The monoisotopic (exact) mass is 508 g/mol. The highest BCUT2D eigenvalue weighted by molar-refractivity contribution is 7.13. The molecule has 186 valence electrons. The van der Waals surface area contributed by atoms with E-state index in [9.17, 15) is 18.0 Å². The van der Waals surface area contributed by atoms with E-state index < -0.39 is 23.1 Å². The SMILES string of the molecule is CC(C)(C(=O)Nc1nc(CCc2ccccc2)cs1)C(c1ccccc1)c1ccc(C(F)(F)F)cc1. The van der Waals surface area contributed by atoms with Crippen LogP contribution in [0.25, 0.3) is 0 Å². The number of hydrogen-bond acceptors (Lipinski definition) is 3. The maximum atomic E-state index is 13.5. The lowest BCUT2D eigenvalue weighted by atomic mass is 9.70. The van der Waals surface area contributed by atoms with Gasteiger partial charge in [-0.15, -0.1) is 11.3 Å². The van der Waals surface area contributed by atoms with Gasteiger partial charge in [0.25, 0.3) is 0 Å². The third-order valence-electron chi connectivity index (χ3n) is 6.30. The number of aromatic nitrogens is 1. The number of nitrogens with zero attached hydrogens (tertiary/aromatic N) is 1. The average Bonchev–Trinajstić information content (AvgIpc) is 3.31. The Kier molecular flexibility index (Phi) is 7.59. The van der Waals surface area contributed by atoms with Crippen LogP contribution in [-0.4, -0.2) is 10.9 Å². The molecular weight excluding hydrogens is 481 g/mol. The van der Waals surface area contributed by atoms with E-state index in [-0.39, 0.29) is 5.91 Å². The normalized spacial score (nSPS) is 12.8. The van der Waals surface area contributed by atoms with Crippen molar-refractivity contribution in [2.24, 2.45) is 5.41 Å². The van der Waals surface area contributed by atoms with Crippen molar-refractivity contribution in [3.63, 3.8) is 0 Å². The summed E-state index contributed by atoms with van der Waals surface area (Å²) in [5, 5.41) is 5.40. The fourth-order valence-electron chi connectivity index (χ4n) is 4.32. The zero-order valence-electron chi connectivity index (χ0n) is 20.0. The summed E-state index contributed by atoms with van der Waals surface area (Å²) in [7, 11) is 0. The molecule has 7 heteroatoms. The molecule has 0 saturated carbocycles. The van der Waals surface area contributed by atoms with Crippen molar-refractivity contribution in [2.75, 3.05) is 5.32 Å². The van der Waals surface area contributed by atoms with Crippen molar-refractivity contribution in [3.8, 4) is 0 Å². The van der Waals surface area contributed by atoms with Gasteiger partial charge in [-0.3, -0.25) is 4.79 Å².